The van der Waals surface area contributed by atoms with Crippen molar-refractivity contribution in [1.29, 1.82) is 0 Å². The molecule has 0 spiro atoms. The van der Waals surface area contributed by atoms with Gasteiger partial charge in [0.05, 0.1) is 23.9 Å². The van der Waals surface area contributed by atoms with E-state index < -0.39 is 12.0 Å². The monoisotopic (exact) mass is 592 g/mol. The fraction of sp³-hybridized carbons (Fsp3) is 0.484. The lowest BCUT2D eigenvalue weighted by molar-refractivity contribution is -0.144. The average molecular weight is 593 g/mol. The molecule has 43 heavy (non-hydrogen) atoms. The Morgan fingerprint density at radius 3 is 2.53 bits per heavy atom. The average Bonchev–Trinajstić information content (AvgIpc) is 3.78. The minimum absolute atomic E-state index is 0.0513. The number of benzene rings is 1. The first-order valence-electron chi connectivity index (χ1n) is 15.2. The van der Waals surface area contributed by atoms with Gasteiger partial charge < -0.3 is 19.5 Å². The normalized spacial score (nSPS) is 21.5. The molecule has 0 saturated carbocycles. The summed E-state index contributed by atoms with van der Waals surface area (Å²) in [5.74, 6) is -1.07. The molecule has 0 bridgehead atoms. The molecule has 3 aromatic heterocycles. The van der Waals surface area contributed by atoms with Crippen molar-refractivity contribution in [3.8, 4) is 17.2 Å². The van der Waals surface area contributed by atoms with Crippen LogP contribution in [-0.4, -0.2) is 59.9 Å². The zero-order valence-corrected chi connectivity index (χ0v) is 23.9. The Bertz CT molecular complexity index is 1570. The summed E-state index contributed by atoms with van der Waals surface area (Å²) in [5.41, 5.74) is 4.48. The molecule has 226 valence electrons. The van der Waals surface area contributed by atoms with Gasteiger partial charge >= 0.3 is 6.18 Å². The molecule has 2 atom stereocenters. The summed E-state index contributed by atoms with van der Waals surface area (Å²) in [6, 6.07) is 11.8. The number of hydrogen-bond acceptors (Lipinski definition) is 7. The summed E-state index contributed by atoms with van der Waals surface area (Å²) in [5, 5.41) is 6.96. The third kappa shape index (κ3) is 5.90. The van der Waals surface area contributed by atoms with E-state index in [9.17, 15) is 13.2 Å². The van der Waals surface area contributed by atoms with Gasteiger partial charge in [-0.1, -0.05) is 12.1 Å². The van der Waals surface area contributed by atoms with Crippen molar-refractivity contribution < 1.29 is 17.9 Å². The molecular weight excluding hydrogens is 557 g/mol. The van der Waals surface area contributed by atoms with E-state index in [-0.39, 0.29) is 18.0 Å². The van der Waals surface area contributed by atoms with Crippen LogP contribution in [0.5, 0.6) is 0 Å². The first-order chi connectivity index (χ1) is 20.9. The van der Waals surface area contributed by atoms with Gasteiger partial charge in [0.2, 0.25) is 5.95 Å². The topological polar surface area (TPSA) is 85.9 Å². The third-order valence-corrected chi connectivity index (χ3v) is 8.82. The molecule has 0 radical (unpaired) electrons. The quantitative estimate of drug-likeness (QED) is 0.262. The highest BCUT2D eigenvalue weighted by Crippen LogP contribution is 2.33. The van der Waals surface area contributed by atoms with Crippen LogP contribution >= 0.6 is 0 Å². The number of imidazole rings is 1. The Kier molecular flexibility index (Phi) is 7.64. The van der Waals surface area contributed by atoms with Crippen LogP contribution in [0, 0.1) is 0 Å². The highest BCUT2D eigenvalue weighted by Gasteiger charge is 2.38. The van der Waals surface area contributed by atoms with Crippen molar-refractivity contribution in [2.24, 2.45) is 0 Å². The molecule has 12 heteroatoms. The van der Waals surface area contributed by atoms with Gasteiger partial charge in [-0.15, -0.1) is 5.10 Å². The maximum atomic E-state index is 13.8. The van der Waals surface area contributed by atoms with Crippen molar-refractivity contribution >= 4 is 11.6 Å². The van der Waals surface area contributed by atoms with E-state index in [1.807, 2.05) is 16.7 Å². The maximum absolute atomic E-state index is 13.8. The van der Waals surface area contributed by atoms with Gasteiger partial charge in [0, 0.05) is 18.3 Å². The summed E-state index contributed by atoms with van der Waals surface area (Å²) in [7, 11) is 0. The number of rotatable bonds is 6. The fourth-order valence-corrected chi connectivity index (χ4v) is 6.60. The molecule has 9 nitrogen and oxygen atoms in total. The summed E-state index contributed by atoms with van der Waals surface area (Å²) < 4.78 is 50.4. The minimum atomic E-state index is -4.71. The SMILES string of the molecule is FC(F)(F)c1nc(Nc2ccc3c(c2)CCC(N2CCCC2)CC3)n(-c2cccc(-c3cncn3C3CCCCO3)n2)n1. The summed E-state index contributed by atoms with van der Waals surface area (Å²) in [6.45, 7) is 3.03. The van der Waals surface area contributed by atoms with E-state index >= 15 is 0 Å². The fourth-order valence-electron chi connectivity index (χ4n) is 6.60. The lowest BCUT2D eigenvalue weighted by atomic mass is 10.0. The summed E-state index contributed by atoms with van der Waals surface area (Å²) in [4.78, 5) is 15.5. The van der Waals surface area contributed by atoms with Crippen LogP contribution in [0.1, 0.15) is 68.1 Å². The van der Waals surface area contributed by atoms with E-state index in [2.05, 4.69) is 31.3 Å². The van der Waals surface area contributed by atoms with Gasteiger partial charge in [-0.2, -0.15) is 22.8 Å². The highest BCUT2D eigenvalue weighted by molar-refractivity contribution is 5.59. The molecule has 3 aliphatic rings. The molecule has 2 unspecified atom stereocenters. The zero-order chi connectivity index (χ0) is 29.4. The number of likely N-dealkylation sites (tertiary alicyclic amines) is 1. The third-order valence-electron chi connectivity index (χ3n) is 8.82. The molecule has 7 rings (SSSR count). The van der Waals surface area contributed by atoms with E-state index in [0.717, 1.165) is 55.3 Å². The first kappa shape index (κ1) is 28.0. The van der Waals surface area contributed by atoms with Gasteiger partial charge in [-0.25, -0.2) is 9.97 Å². The molecule has 2 fully saturated rings. The number of nitrogens with one attached hydrogen (secondary N) is 1. The highest BCUT2D eigenvalue weighted by atomic mass is 19.4. The van der Waals surface area contributed by atoms with Gasteiger partial charge in [0.1, 0.15) is 6.23 Å². The molecule has 2 saturated heterocycles. The number of fused-ring (bicyclic) bond motifs is 1. The van der Waals surface area contributed by atoms with Crippen LogP contribution in [-0.2, 0) is 23.8 Å². The van der Waals surface area contributed by atoms with Gasteiger partial charge in [-0.3, -0.25) is 0 Å². The van der Waals surface area contributed by atoms with Crippen molar-refractivity contribution in [3.05, 3.63) is 65.9 Å². The predicted octanol–water partition coefficient (Wildman–Crippen LogP) is 6.33. The number of hydrogen-bond donors (Lipinski definition) is 1. The van der Waals surface area contributed by atoms with E-state index in [1.54, 1.807) is 30.7 Å². The second kappa shape index (κ2) is 11.7. The van der Waals surface area contributed by atoms with E-state index in [0.29, 0.717) is 24.0 Å². The van der Waals surface area contributed by atoms with Crippen molar-refractivity contribution in [3.63, 3.8) is 0 Å². The number of pyridine rings is 1. The Balaban J connectivity index is 1.18. The molecule has 1 aliphatic carbocycles. The standard InChI is InChI=1S/C31H35F3N8O/c32-31(33,34)29-38-30(36-23-12-9-21-10-13-24(14-11-22(21)18-23)40-15-2-3-16-40)42(39-29)27-7-5-6-25(37-27)26-19-35-20-41(26)28-8-1-4-17-43-28/h5-7,9,12,18-20,24,28H,1-4,8,10-11,13-17H2,(H,36,38,39). The van der Waals surface area contributed by atoms with Crippen LogP contribution in [0.25, 0.3) is 17.2 Å². The molecule has 0 amide bonds. The Labute approximate surface area is 248 Å². The molecular formula is C31H35F3N8O. The Morgan fingerprint density at radius 2 is 1.74 bits per heavy atom. The zero-order valence-electron chi connectivity index (χ0n) is 23.9. The van der Waals surface area contributed by atoms with Crippen molar-refractivity contribution in [1.82, 2.24) is 34.2 Å². The molecule has 2 aliphatic heterocycles. The number of aryl methyl sites for hydroxylation is 2. The molecule has 5 heterocycles. The predicted molar refractivity (Wildman–Crippen MR) is 155 cm³/mol. The molecule has 1 aromatic carbocycles. The Hall–Kier alpha value is -3.77. The second-order valence-electron chi connectivity index (χ2n) is 11.6. The number of alkyl halides is 3. The number of halogens is 3. The van der Waals surface area contributed by atoms with Crippen LogP contribution in [0.15, 0.2) is 48.9 Å². The Morgan fingerprint density at radius 1 is 0.907 bits per heavy atom. The van der Waals surface area contributed by atoms with Crippen LogP contribution in [0.2, 0.25) is 0 Å². The van der Waals surface area contributed by atoms with Crippen LogP contribution < -0.4 is 5.32 Å². The lowest BCUT2D eigenvalue weighted by Gasteiger charge is -2.25. The minimum Gasteiger partial charge on any atom is -0.358 e. The van der Waals surface area contributed by atoms with Gasteiger partial charge in [0.15, 0.2) is 5.82 Å². The van der Waals surface area contributed by atoms with Crippen LogP contribution in [0.3, 0.4) is 0 Å². The number of nitrogens with zero attached hydrogens (tertiary/aromatic N) is 7. The van der Waals surface area contributed by atoms with Gasteiger partial charge in [0.25, 0.3) is 5.82 Å². The van der Waals surface area contributed by atoms with E-state index in [4.69, 9.17) is 9.72 Å². The summed E-state index contributed by atoms with van der Waals surface area (Å²) >= 11 is 0. The number of ether oxygens (including phenoxy) is 1. The summed E-state index contributed by atoms with van der Waals surface area (Å²) in [6.07, 6.45) is 8.15. The van der Waals surface area contributed by atoms with Crippen molar-refractivity contribution in [2.75, 3.05) is 25.0 Å². The molecule has 4 aromatic rings. The van der Waals surface area contributed by atoms with Gasteiger partial charge in [-0.05, 0) is 106 Å². The number of anilines is 2. The lowest BCUT2D eigenvalue weighted by Crippen LogP contribution is -2.32. The smallest absolute Gasteiger partial charge is 0.358 e. The van der Waals surface area contributed by atoms with Crippen LogP contribution in [0.4, 0.5) is 24.8 Å². The second-order valence-corrected chi connectivity index (χ2v) is 11.6. The van der Waals surface area contributed by atoms with Crippen molar-refractivity contribution in [2.45, 2.75) is 76.2 Å². The maximum Gasteiger partial charge on any atom is 0.453 e. The molecule has 1 N–H and O–H groups in total. The number of aromatic nitrogens is 6. The first-order valence-corrected chi connectivity index (χ1v) is 15.2. The van der Waals surface area contributed by atoms with E-state index in [1.165, 1.54) is 37.1 Å². The largest absolute Gasteiger partial charge is 0.453 e.